The first-order valence-corrected chi connectivity index (χ1v) is 7.11. The molecule has 6 heteroatoms. The van der Waals surface area contributed by atoms with Gasteiger partial charge in [0, 0.05) is 10.8 Å². The van der Waals surface area contributed by atoms with E-state index in [0.717, 1.165) is 33.2 Å². The summed E-state index contributed by atoms with van der Waals surface area (Å²) >= 11 is 0. The van der Waals surface area contributed by atoms with Crippen LogP contribution in [0.1, 0.15) is 45.4 Å². The second-order valence-corrected chi connectivity index (χ2v) is 5.17. The van der Waals surface area contributed by atoms with Crippen LogP contribution in [0.5, 0.6) is 0 Å². The average molecular weight is 300 g/mol. The second-order valence-electron chi connectivity index (χ2n) is 5.17. The van der Waals surface area contributed by atoms with E-state index >= 15 is 0 Å². The molecule has 1 aromatic heterocycles. The van der Waals surface area contributed by atoms with Gasteiger partial charge in [0.2, 0.25) is 0 Å². The van der Waals surface area contributed by atoms with Crippen molar-refractivity contribution in [3.8, 4) is 0 Å². The van der Waals surface area contributed by atoms with Gasteiger partial charge in [-0.25, -0.2) is 4.79 Å². The predicted octanol–water partition coefficient (Wildman–Crippen LogP) is 2.33. The standard InChI is InChI=1S/C16H20N4O2/c1-6-22-16(21)13-8(2)9(3)15-12(7-18-17)20-19-11(5)14(15)10(13)4/h7H,6,17H2,1-5H3. The van der Waals surface area contributed by atoms with Gasteiger partial charge in [-0.2, -0.15) is 10.2 Å². The van der Waals surface area contributed by atoms with Gasteiger partial charge in [-0.1, -0.05) is 0 Å². The Balaban J connectivity index is 2.95. The third kappa shape index (κ3) is 2.41. The molecular weight excluding hydrogens is 280 g/mol. The first-order valence-electron chi connectivity index (χ1n) is 7.11. The molecule has 0 saturated carbocycles. The molecule has 1 heterocycles. The Bertz CT molecular complexity index is 782. The summed E-state index contributed by atoms with van der Waals surface area (Å²) in [6, 6.07) is 0. The number of ether oxygens (including phenoxy) is 1. The molecule has 0 aliphatic rings. The Morgan fingerprint density at radius 2 is 1.82 bits per heavy atom. The molecule has 0 aliphatic carbocycles. The van der Waals surface area contributed by atoms with Crippen LogP contribution in [0.4, 0.5) is 0 Å². The quantitative estimate of drug-likeness (QED) is 0.406. The number of nitrogens with two attached hydrogens (primary N) is 1. The van der Waals surface area contributed by atoms with E-state index in [2.05, 4.69) is 15.3 Å². The lowest BCUT2D eigenvalue weighted by atomic mass is 9.90. The molecule has 2 aromatic rings. The molecule has 1 aromatic carbocycles. The number of fused-ring (bicyclic) bond motifs is 1. The summed E-state index contributed by atoms with van der Waals surface area (Å²) in [4.78, 5) is 12.3. The number of rotatable bonds is 3. The number of esters is 1. The first kappa shape index (κ1) is 15.9. The van der Waals surface area contributed by atoms with E-state index in [1.165, 1.54) is 6.21 Å². The van der Waals surface area contributed by atoms with Gasteiger partial charge in [-0.3, -0.25) is 0 Å². The summed E-state index contributed by atoms with van der Waals surface area (Å²) in [6.45, 7) is 9.77. The van der Waals surface area contributed by atoms with Crippen molar-refractivity contribution in [3.05, 3.63) is 33.6 Å². The Kier molecular flexibility index (Phi) is 4.40. The van der Waals surface area contributed by atoms with Crippen LogP contribution < -0.4 is 5.84 Å². The third-order valence-corrected chi connectivity index (χ3v) is 3.91. The van der Waals surface area contributed by atoms with Gasteiger partial charge in [0.15, 0.2) is 0 Å². The van der Waals surface area contributed by atoms with Crippen LogP contribution in [-0.2, 0) is 4.74 Å². The fourth-order valence-electron chi connectivity index (χ4n) is 2.83. The fourth-order valence-corrected chi connectivity index (χ4v) is 2.83. The number of hydrogen-bond donors (Lipinski definition) is 1. The Labute approximate surface area is 129 Å². The predicted molar refractivity (Wildman–Crippen MR) is 86.2 cm³/mol. The van der Waals surface area contributed by atoms with E-state index in [9.17, 15) is 4.79 Å². The van der Waals surface area contributed by atoms with Crippen LogP contribution in [0.3, 0.4) is 0 Å². The molecule has 0 saturated heterocycles. The van der Waals surface area contributed by atoms with Gasteiger partial charge in [0.1, 0.15) is 5.69 Å². The van der Waals surface area contributed by atoms with Crippen molar-refractivity contribution in [2.45, 2.75) is 34.6 Å². The zero-order valence-electron chi connectivity index (χ0n) is 13.5. The zero-order chi connectivity index (χ0) is 16.4. The fraction of sp³-hybridized carbons (Fsp3) is 0.375. The van der Waals surface area contributed by atoms with Gasteiger partial charge < -0.3 is 10.6 Å². The molecule has 0 spiro atoms. The molecule has 2 N–H and O–H groups in total. The van der Waals surface area contributed by atoms with Crippen LogP contribution in [0.2, 0.25) is 0 Å². The van der Waals surface area contributed by atoms with Crippen molar-refractivity contribution in [2.24, 2.45) is 10.9 Å². The lowest BCUT2D eigenvalue weighted by Crippen LogP contribution is -2.12. The molecule has 0 amide bonds. The highest BCUT2D eigenvalue weighted by molar-refractivity contribution is 6.07. The summed E-state index contributed by atoms with van der Waals surface area (Å²) in [5, 5.41) is 13.7. The molecule has 2 rings (SSSR count). The Hall–Kier alpha value is -2.50. The van der Waals surface area contributed by atoms with Gasteiger partial charge in [-0.05, 0) is 51.3 Å². The van der Waals surface area contributed by atoms with Crippen molar-refractivity contribution >= 4 is 23.0 Å². The highest BCUT2D eigenvalue weighted by Crippen LogP contribution is 2.32. The lowest BCUT2D eigenvalue weighted by Gasteiger charge is -2.17. The van der Waals surface area contributed by atoms with Gasteiger partial charge in [0.25, 0.3) is 0 Å². The minimum absolute atomic E-state index is 0.312. The maximum atomic E-state index is 12.3. The molecule has 0 atom stereocenters. The normalized spacial score (nSPS) is 11.3. The van der Waals surface area contributed by atoms with Crippen LogP contribution >= 0.6 is 0 Å². The van der Waals surface area contributed by atoms with Gasteiger partial charge in [0.05, 0.1) is 24.1 Å². The second kappa shape index (κ2) is 6.09. The van der Waals surface area contributed by atoms with Crippen LogP contribution in [0.25, 0.3) is 10.8 Å². The molecule has 22 heavy (non-hydrogen) atoms. The van der Waals surface area contributed by atoms with Crippen molar-refractivity contribution in [1.82, 2.24) is 10.2 Å². The topological polar surface area (TPSA) is 90.5 Å². The zero-order valence-corrected chi connectivity index (χ0v) is 13.5. The third-order valence-electron chi connectivity index (χ3n) is 3.91. The van der Waals surface area contributed by atoms with E-state index in [4.69, 9.17) is 10.6 Å². The molecule has 0 fully saturated rings. The van der Waals surface area contributed by atoms with Crippen LogP contribution in [0.15, 0.2) is 5.10 Å². The molecule has 6 nitrogen and oxygen atoms in total. The summed E-state index contributed by atoms with van der Waals surface area (Å²) < 4.78 is 5.19. The number of carbonyl (C=O) groups is 1. The number of carbonyl (C=O) groups excluding carboxylic acids is 1. The van der Waals surface area contributed by atoms with Crippen LogP contribution in [0, 0.1) is 27.7 Å². The number of aryl methyl sites for hydroxylation is 3. The molecule has 0 radical (unpaired) electrons. The number of hydrogen-bond acceptors (Lipinski definition) is 6. The number of nitrogens with zero attached hydrogens (tertiary/aromatic N) is 3. The van der Waals surface area contributed by atoms with Crippen molar-refractivity contribution < 1.29 is 9.53 Å². The molecule has 0 bridgehead atoms. The van der Waals surface area contributed by atoms with Crippen molar-refractivity contribution in [2.75, 3.05) is 6.61 Å². The molecule has 0 aliphatic heterocycles. The number of benzene rings is 1. The van der Waals surface area contributed by atoms with Gasteiger partial charge >= 0.3 is 5.97 Å². The highest BCUT2D eigenvalue weighted by Gasteiger charge is 2.22. The highest BCUT2D eigenvalue weighted by atomic mass is 16.5. The SMILES string of the molecule is CCOC(=O)c1c(C)c(C)c2c(C=NN)nnc(C)c2c1C. The summed E-state index contributed by atoms with van der Waals surface area (Å²) in [5.41, 5.74) is 4.63. The summed E-state index contributed by atoms with van der Waals surface area (Å²) in [5.74, 6) is 4.95. The minimum atomic E-state index is -0.312. The molecule has 0 unspecified atom stereocenters. The van der Waals surface area contributed by atoms with Crippen molar-refractivity contribution in [1.29, 1.82) is 0 Å². The molecular formula is C16H20N4O2. The van der Waals surface area contributed by atoms with E-state index in [-0.39, 0.29) is 5.97 Å². The van der Waals surface area contributed by atoms with E-state index in [1.807, 2.05) is 27.7 Å². The van der Waals surface area contributed by atoms with E-state index < -0.39 is 0 Å². The maximum absolute atomic E-state index is 12.3. The smallest absolute Gasteiger partial charge is 0.338 e. The molecule has 116 valence electrons. The Morgan fingerprint density at radius 1 is 1.14 bits per heavy atom. The summed E-state index contributed by atoms with van der Waals surface area (Å²) in [7, 11) is 0. The minimum Gasteiger partial charge on any atom is -0.462 e. The summed E-state index contributed by atoms with van der Waals surface area (Å²) in [6.07, 6.45) is 1.48. The first-order chi connectivity index (χ1) is 10.4. The largest absolute Gasteiger partial charge is 0.462 e. The van der Waals surface area contributed by atoms with Gasteiger partial charge in [-0.15, -0.1) is 5.10 Å². The maximum Gasteiger partial charge on any atom is 0.338 e. The van der Waals surface area contributed by atoms with E-state index in [0.29, 0.717) is 17.9 Å². The number of hydrazone groups is 1. The average Bonchev–Trinajstić information content (AvgIpc) is 2.47. The number of aromatic nitrogens is 2. The van der Waals surface area contributed by atoms with Crippen molar-refractivity contribution in [3.63, 3.8) is 0 Å². The lowest BCUT2D eigenvalue weighted by molar-refractivity contribution is 0.0525. The Morgan fingerprint density at radius 3 is 2.41 bits per heavy atom. The monoisotopic (exact) mass is 300 g/mol. The van der Waals surface area contributed by atoms with Crippen LogP contribution in [-0.4, -0.2) is 29.0 Å². The van der Waals surface area contributed by atoms with E-state index in [1.54, 1.807) is 6.92 Å².